The number of carboxylic acids is 1. The second kappa shape index (κ2) is 10.8. The molecule has 34 heavy (non-hydrogen) atoms. The average Bonchev–Trinajstić information content (AvgIpc) is 3.26. The molecule has 0 unspecified atom stereocenters. The average molecular weight is 484 g/mol. The number of ketones is 1. The Morgan fingerprint density at radius 2 is 1.82 bits per heavy atom. The summed E-state index contributed by atoms with van der Waals surface area (Å²) in [5.41, 5.74) is -0.00207. The first-order valence-electron chi connectivity index (χ1n) is 11.4. The van der Waals surface area contributed by atoms with Gasteiger partial charge in [-0.05, 0) is 61.8 Å². The van der Waals surface area contributed by atoms with E-state index in [0.29, 0.717) is 49.3 Å². The number of aliphatic carboxylic acids is 1. The first-order chi connectivity index (χ1) is 16.4. The summed E-state index contributed by atoms with van der Waals surface area (Å²) in [5.74, 6) is -1.95. The van der Waals surface area contributed by atoms with E-state index in [1.807, 2.05) is 30.3 Å². The molecule has 0 bridgehead atoms. The summed E-state index contributed by atoms with van der Waals surface area (Å²) in [6.07, 6.45) is 2.65. The van der Waals surface area contributed by atoms with Crippen molar-refractivity contribution in [3.05, 3.63) is 64.8 Å². The van der Waals surface area contributed by atoms with Crippen LogP contribution in [0.2, 0.25) is 0 Å². The highest BCUT2D eigenvalue weighted by Crippen LogP contribution is 2.29. The van der Waals surface area contributed by atoms with E-state index in [2.05, 4.69) is 5.32 Å². The number of rotatable bonds is 9. The predicted molar refractivity (Wildman–Crippen MR) is 128 cm³/mol. The minimum absolute atomic E-state index is 0.00207. The molecule has 1 aromatic heterocycles. The number of carbonyl (C=O) groups is 3. The summed E-state index contributed by atoms with van der Waals surface area (Å²) >= 11 is 1.42. The molecule has 178 valence electrons. The molecule has 0 aliphatic heterocycles. The minimum atomic E-state index is -0.785. The summed E-state index contributed by atoms with van der Waals surface area (Å²) in [4.78, 5) is 36.5. The summed E-state index contributed by atoms with van der Waals surface area (Å²) < 4.78 is 21.4. The Morgan fingerprint density at radius 1 is 1.06 bits per heavy atom. The Hall–Kier alpha value is -3.26. The maximum atomic E-state index is 14.5. The number of thiophene rings is 1. The van der Waals surface area contributed by atoms with Gasteiger partial charge in [0.05, 0.1) is 22.5 Å². The molecule has 0 spiro atoms. The number of halogens is 1. The molecule has 1 saturated carbocycles. The number of ether oxygens (including phenoxy) is 1. The topological polar surface area (TPSA) is 92.7 Å². The number of carboxylic acid groups (broad SMARTS) is 1. The molecule has 2 N–H and O–H groups in total. The van der Waals surface area contributed by atoms with Gasteiger partial charge in [-0.15, -0.1) is 11.3 Å². The van der Waals surface area contributed by atoms with E-state index in [-0.39, 0.29) is 35.7 Å². The molecule has 1 amide bonds. The van der Waals surface area contributed by atoms with Crippen molar-refractivity contribution >= 4 is 39.1 Å². The Morgan fingerprint density at radius 3 is 2.53 bits per heavy atom. The molecule has 2 aromatic carbocycles. The Balaban J connectivity index is 1.23. The van der Waals surface area contributed by atoms with Crippen LogP contribution in [0.15, 0.2) is 48.5 Å². The monoisotopic (exact) mass is 483 g/mol. The molecule has 0 saturated heterocycles. The highest BCUT2D eigenvalue weighted by Gasteiger charge is 2.27. The molecule has 0 atom stereocenters. The first-order valence-corrected chi connectivity index (χ1v) is 12.2. The summed E-state index contributed by atoms with van der Waals surface area (Å²) in [7, 11) is 0. The van der Waals surface area contributed by atoms with Crippen LogP contribution in [0.1, 0.15) is 58.6 Å². The lowest BCUT2D eigenvalue weighted by Crippen LogP contribution is -2.27. The summed E-state index contributed by atoms with van der Waals surface area (Å²) in [6.45, 7) is 0.320. The van der Waals surface area contributed by atoms with Crippen LogP contribution >= 0.6 is 11.3 Å². The third-order valence-electron chi connectivity index (χ3n) is 6.08. The second-order valence-electron chi connectivity index (χ2n) is 8.50. The second-order valence-corrected chi connectivity index (χ2v) is 9.59. The highest BCUT2D eigenvalue weighted by atomic mass is 32.1. The molecule has 4 rings (SSSR count). The van der Waals surface area contributed by atoms with Crippen LogP contribution in [0.4, 0.5) is 4.39 Å². The van der Waals surface area contributed by atoms with E-state index < -0.39 is 11.8 Å². The molecule has 1 aliphatic rings. The maximum absolute atomic E-state index is 14.5. The van der Waals surface area contributed by atoms with Gasteiger partial charge in [-0.25, -0.2) is 4.39 Å². The van der Waals surface area contributed by atoms with Crippen molar-refractivity contribution in [3.63, 3.8) is 0 Å². The summed E-state index contributed by atoms with van der Waals surface area (Å²) in [6, 6.07) is 13.8. The molecular weight excluding hydrogens is 457 g/mol. The van der Waals surface area contributed by atoms with Gasteiger partial charge in [0.25, 0.3) is 5.91 Å². The van der Waals surface area contributed by atoms with Crippen molar-refractivity contribution in [2.45, 2.75) is 44.6 Å². The lowest BCUT2D eigenvalue weighted by atomic mass is 9.87. The Labute approximate surface area is 200 Å². The predicted octanol–water partition coefficient (Wildman–Crippen LogP) is 5.46. The van der Waals surface area contributed by atoms with E-state index in [1.54, 1.807) is 6.07 Å². The zero-order valence-electron chi connectivity index (χ0n) is 18.6. The van der Waals surface area contributed by atoms with Crippen LogP contribution < -0.4 is 10.1 Å². The fraction of sp³-hybridized carbons (Fsp3) is 0.346. The van der Waals surface area contributed by atoms with Gasteiger partial charge in [0, 0.05) is 23.7 Å². The normalized spacial score (nSPS) is 17.9. The molecule has 1 aliphatic carbocycles. The fourth-order valence-corrected chi connectivity index (χ4v) is 5.16. The van der Waals surface area contributed by atoms with Crippen LogP contribution in [0.3, 0.4) is 0 Å². The van der Waals surface area contributed by atoms with Gasteiger partial charge >= 0.3 is 5.97 Å². The highest BCUT2D eigenvalue weighted by molar-refractivity contribution is 7.20. The zero-order chi connectivity index (χ0) is 24.1. The van der Waals surface area contributed by atoms with E-state index in [9.17, 15) is 18.8 Å². The largest absolute Gasteiger partial charge is 0.490 e. The Kier molecular flexibility index (Phi) is 7.57. The lowest BCUT2D eigenvalue weighted by Gasteiger charge is -2.26. The van der Waals surface area contributed by atoms with Gasteiger partial charge in [-0.1, -0.05) is 18.2 Å². The maximum Gasteiger partial charge on any atom is 0.306 e. The SMILES string of the molecule is O=C(NCCCC(=O)c1ccc(OC2CCC(C(=O)O)CC2)cc1F)c1cc2ccccc2s1. The van der Waals surface area contributed by atoms with Gasteiger partial charge < -0.3 is 15.2 Å². The number of Topliss-reactive ketones (excluding diaryl/α,β-unsaturated/α-hetero) is 1. The number of carbonyl (C=O) groups excluding carboxylic acids is 2. The number of hydrogen-bond acceptors (Lipinski definition) is 5. The lowest BCUT2D eigenvalue weighted by molar-refractivity contribution is -0.143. The van der Waals surface area contributed by atoms with E-state index in [1.165, 1.54) is 23.5 Å². The van der Waals surface area contributed by atoms with Gasteiger partial charge in [0.2, 0.25) is 0 Å². The first kappa shape index (κ1) is 23.9. The van der Waals surface area contributed by atoms with E-state index in [0.717, 1.165) is 10.1 Å². The molecule has 0 radical (unpaired) electrons. The van der Waals surface area contributed by atoms with Gasteiger partial charge in [-0.3, -0.25) is 14.4 Å². The van der Waals surface area contributed by atoms with Crippen LogP contribution in [-0.4, -0.2) is 35.4 Å². The van der Waals surface area contributed by atoms with Crippen LogP contribution in [-0.2, 0) is 4.79 Å². The van der Waals surface area contributed by atoms with Crippen molar-refractivity contribution < 1.29 is 28.6 Å². The minimum Gasteiger partial charge on any atom is -0.490 e. The van der Waals surface area contributed by atoms with Crippen molar-refractivity contribution in [1.82, 2.24) is 5.32 Å². The van der Waals surface area contributed by atoms with E-state index in [4.69, 9.17) is 9.84 Å². The molecule has 1 heterocycles. The molecule has 1 fully saturated rings. The van der Waals surface area contributed by atoms with Crippen molar-refractivity contribution in [2.24, 2.45) is 5.92 Å². The number of hydrogen-bond donors (Lipinski definition) is 2. The van der Waals surface area contributed by atoms with Gasteiger partial charge in [0.1, 0.15) is 11.6 Å². The van der Waals surface area contributed by atoms with Gasteiger partial charge in [-0.2, -0.15) is 0 Å². The van der Waals surface area contributed by atoms with Crippen molar-refractivity contribution in [1.29, 1.82) is 0 Å². The van der Waals surface area contributed by atoms with Gasteiger partial charge in [0.15, 0.2) is 5.78 Å². The van der Waals surface area contributed by atoms with Crippen molar-refractivity contribution in [2.75, 3.05) is 6.54 Å². The summed E-state index contributed by atoms with van der Waals surface area (Å²) in [5, 5.41) is 12.9. The molecule has 8 heteroatoms. The molecule has 6 nitrogen and oxygen atoms in total. The number of amides is 1. The smallest absolute Gasteiger partial charge is 0.306 e. The van der Waals surface area contributed by atoms with Crippen molar-refractivity contribution in [3.8, 4) is 5.75 Å². The number of fused-ring (bicyclic) bond motifs is 1. The van der Waals surface area contributed by atoms with Crippen LogP contribution in [0.25, 0.3) is 10.1 Å². The third kappa shape index (κ3) is 5.80. The standard InChI is InChI=1S/C26H26FNO5S/c27-21-15-19(33-18-9-7-16(8-10-18)26(31)32)11-12-20(21)22(29)5-3-13-28-25(30)24-14-17-4-1-2-6-23(17)34-24/h1-2,4,6,11-12,14-16,18H,3,5,7-10,13H2,(H,28,30)(H,31,32). The zero-order valence-corrected chi connectivity index (χ0v) is 19.4. The third-order valence-corrected chi connectivity index (χ3v) is 7.20. The molecule has 3 aromatic rings. The fourth-order valence-electron chi connectivity index (χ4n) is 4.18. The van der Waals surface area contributed by atoms with Crippen LogP contribution in [0, 0.1) is 11.7 Å². The van der Waals surface area contributed by atoms with Crippen LogP contribution in [0.5, 0.6) is 5.75 Å². The molecular formula is C26H26FNO5S. The quantitative estimate of drug-likeness (QED) is 0.312. The Bertz CT molecular complexity index is 1170. The number of nitrogens with one attached hydrogen (secondary N) is 1. The number of benzene rings is 2. The van der Waals surface area contributed by atoms with E-state index >= 15 is 0 Å².